The van der Waals surface area contributed by atoms with Gasteiger partial charge in [0.25, 0.3) is 0 Å². The van der Waals surface area contributed by atoms with Gasteiger partial charge in [-0.3, -0.25) is 4.98 Å². The van der Waals surface area contributed by atoms with Crippen molar-refractivity contribution in [1.29, 1.82) is 0 Å². The smallest absolute Gasteiger partial charge is 0.410 e. The zero-order chi connectivity index (χ0) is 23.9. The number of amides is 1. The summed E-state index contributed by atoms with van der Waals surface area (Å²) < 4.78 is 13.0. The fourth-order valence-electron chi connectivity index (χ4n) is 4.32. The number of rotatable bonds is 5. The van der Waals surface area contributed by atoms with Crippen molar-refractivity contribution in [2.45, 2.75) is 45.6 Å². The molecule has 1 amide bonds. The van der Waals surface area contributed by atoms with Gasteiger partial charge < -0.3 is 19.3 Å². The summed E-state index contributed by atoms with van der Waals surface area (Å²) in [5.41, 5.74) is 3.43. The quantitative estimate of drug-likeness (QED) is 0.568. The summed E-state index contributed by atoms with van der Waals surface area (Å²) in [6.07, 6.45) is 8.86. The molecule has 0 unspecified atom stereocenters. The van der Waals surface area contributed by atoms with Crippen LogP contribution in [0.1, 0.15) is 39.3 Å². The fraction of sp³-hybridized carbons (Fsp3) is 0.520. The van der Waals surface area contributed by atoms with Crippen LogP contribution in [0.15, 0.2) is 30.7 Å². The minimum absolute atomic E-state index is 0.277. The Kier molecular flexibility index (Phi) is 5.79. The van der Waals surface area contributed by atoms with Gasteiger partial charge in [-0.2, -0.15) is 5.10 Å². The van der Waals surface area contributed by atoms with Gasteiger partial charge in [-0.25, -0.2) is 14.3 Å². The van der Waals surface area contributed by atoms with E-state index in [-0.39, 0.29) is 6.09 Å². The lowest BCUT2D eigenvalue weighted by atomic mass is 10.0. The van der Waals surface area contributed by atoms with Crippen molar-refractivity contribution in [1.82, 2.24) is 24.5 Å². The van der Waals surface area contributed by atoms with Gasteiger partial charge >= 0.3 is 6.09 Å². The van der Waals surface area contributed by atoms with E-state index in [4.69, 9.17) is 14.5 Å². The Morgan fingerprint density at radius 3 is 2.59 bits per heavy atom. The molecule has 1 saturated carbocycles. The van der Waals surface area contributed by atoms with Crippen LogP contribution in [0.3, 0.4) is 0 Å². The van der Waals surface area contributed by atoms with E-state index in [1.54, 1.807) is 16.5 Å². The second-order valence-electron chi connectivity index (χ2n) is 10.1. The maximum atomic E-state index is 12.5. The molecular formula is C25H32N6O3. The first kappa shape index (κ1) is 22.4. The lowest BCUT2D eigenvalue weighted by Gasteiger charge is -2.36. The molecule has 2 aliphatic rings. The number of fused-ring (bicyclic) bond motifs is 1. The van der Waals surface area contributed by atoms with Crippen molar-refractivity contribution in [2.75, 3.05) is 38.2 Å². The maximum Gasteiger partial charge on any atom is 0.410 e. The Hall–Kier alpha value is -3.36. The highest BCUT2D eigenvalue weighted by atomic mass is 16.6. The summed E-state index contributed by atoms with van der Waals surface area (Å²) in [4.78, 5) is 26.0. The molecule has 0 atom stereocenters. The molecule has 180 valence electrons. The van der Waals surface area contributed by atoms with Crippen molar-refractivity contribution in [2.24, 2.45) is 5.92 Å². The van der Waals surface area contributed by atoms with E-state index in [1.807, 2.05) is 45.4 Å². The predicted molar refractivity (Wildman–Crippen MR) is 129 cm³/mol. The third-order valence-corrected chi connectivity index (χ3v) is 6.25. The topological polar surface area (TPSA) is 85.1 Å². The van der Waals surface area contributed by atoms with Gasteiger partial charge in [-0.15, -0.1) is 0 Å². The Bertz CT molecular complexity index is 1190. The normalized spacial score (nSPS) is 16.7. The van der Waals surface area contributed by atoms with Gasteiger partial charge in [0.1, 0.15) is 5.60 Å². The van der Waals surface area contributed by atoms with Gasteiger partial charge in [-0.1, -0.05) is 6.07 Å². The number of carbonyl (C=O) groups is 1. The number of anilines is 1. The molecule has 2 fully saturated rings. The lowest BCUT2D eigenvalue weighted by Crippen LogP contribution is -2.50. The second-order valence-corrected chi connectivity index (χ2v) is 10.1. The van der Waals surface area contributed by atoms with Crippen molar-refractivity contribution >= 4 is 17.6 Å². The van der Waals surface area contributed by atoms with Crippen LogP contribution in [0, 0.1) is 5.92 Å². The van der Waals surface area contributed by atoms with E-state index in [0.717, 1.165) is 40.6 Å². The molecular weight excluding hydrogens is 432 g/mol. The first-order chi connectivity index (χ1) is 16.3. The van der Waals surface area contributed by atoms with E-state index in [9.17, 15) is 4.79 Å². The molecule has 0 bridgehead atoms. The molecule has 5 rings (SSSR count). The third-order valence-electron chi connectivity index (χ3n) is 6.25. The summed E-state index contributed by atoms with van der Waals surface area (Å²) in [6.45, 7) is 8.05. The molecule has 4 heterocycles. The van der Waals surface area contributed by atoms with Gasteiger partial charge in [0.2, 0.25) is 0 Å². The molecule has 1 saturated heterocycles. The molecule has 9 nitrogen and oxygen atoms in total. The van der Waals surface area contributed by atoms with Crippen LogP contribution in [-0.2, 0) is 11.2 Å². The van der Waals surface area contributed by atoms with E-state index in [2.05, 4.69) is 21.0 Å². The Morgan fingerprint density at radius 2 is 1.91 bits per heavy atom. The minimum atomic E-state index is -0.507. The molecule has 0 N–H and O–H groups in total. The summed E-state index contributed by atoms with van der Waals surface area (Å²) in [7, 11) is 1.64. The summed E-state index contributed by atoms with van der Waals surface area (Å²) in [6, 6.07) is 4.07. The highest BCUT2D eigenvalue weighted by Crippen LogP contribution is 2.37. The van der Waals surface area contributed by atoms with Crippen LogP contribution in [0.4, 0.5) is 10.6 Å². The number of methoxy groups -OCH3 is 1. The Labute approximate surface area is 199 Å². The Morgan fingerprint density at radius 1 is 1.15 bits per heavy atom. The molecule has 1 aliphatic carbocycles. The number of carbonyl (C=O) groups excluding carboxylic acids is 1. The van der Waals surface area contributed by atoms with E-state index in [0.29, 0.717) is 31.9 Å². The van der Waals surface area contributed by atoms with Crippen LogP contribution in [-0.4, -0.2) is 69.5 Å². The van der Waals surface area contributed by atoms with Crippen molar-refractivity contribution in [3.63, 3.8) is 0 Å². The average Bonchev–Trinajstić information content (AvgIpc) is 3.54. The predicted octanol–water partition coefficient (Wildman–Crippen LogP) is 3.81. The molecule has 34 heavy (non-hydrogen) atoms. The zero-order valence-corrected chi connectivity index (χ0v) is 20.3. The maximum absolute atomic E-state index is 12.5. The number of piperazine rings is 1. The largest absolute Gasteiger partial charge is 0.491 e. The van der Waals surface area contributed by atoms with E-state index >= 15 is 0 Å². The molecule has 0 aromatic carbocycles. The van der Waals surface area contributed by atoms with Crippen LogP contribution >= 0.6 is 0 Å². The molecule has 3 aromatic rings. The summed E-state index contributed by atoms with van der Waals surface area (Å²) in [5, 5.41) is 4.55. The number of hydrogen-bond acceptors (Lipinski definition) is 7. The molecule has 0 radical (unpaired) electrons. The number of aromatic nitrogens is 4. The third kappa shape index (κ3) is 4.64. The van der Waals surface area contributed by atoms with Crippen molar-refractivity contribution in [3.05, 3.63) is 36.4 Å². The zero-order valence-electron chi connectivity index (χ0n) is 20.3. The Balaban J connectivity index is 1.42. The first-order valence-corrected chi connectivity index (χ1v) is 11.9. The molecule has 3 aromatic heterocycles. The molecule has 9 heteroatoms. The van der Waals surface area contributed by atoms with Crippen LogP contribution in [0.2, 0.25) is 0 Å². The monoisotopic (exact) mass is 464 g/mol. The highest BCUT2D eigenvalue weighted by Gasteiger charge is 2.29. The number of hydrogen-bond donors (Lipinski definition) is 0. The van der Waals surface area contributed by atoms with E-state index in [1.165, 1.54) is 12.8 Å². The SMILES string of the molecule is COc1cn2ncc(-c3cccnc3CC3CC3)c2nc1N1CCN(C(=O)OC(C)(C)C)CC1. The molecule has 1 aliphatic heterocycles. The lowest BCUT2D eigenvalue weighted by molar-refractivity contribution is 0.0240. The number of pyridine rings is 1. The summed E-state index contributed by atoms with van der Waals surface area (Å²) in [5.74, 6) is 2.14. The van der Waals surface area contributed by atoms with Crippen LogP contribution < -0.4 is 9.64 Å². The van der Waals surface area contributed by atoms with Crippen molar-refractivity contribution in [3.8, 4) is 16.9 Å². The second kappa shape index (κ2) is 8.77. The van der Waals surface area contributed by atoms with Gasteiger partial charge in [0.15, 0.2) is 17.2 Å². The average molecular weight is 465 g/mol. The molecule has 0 spiro atoms. The fourth-order valence-corrected chi connectivity index (χ4v) is 4.32. The van der Waals surface area contributed by atoms with E-state index < -0.39 is 5.60 Å². The van der Waals surface area contributed by atoms with Crippen LogP contribution in [0.5, 0.6) is 5.75 Å². The highest BCUT2D eigenvalue weighted by molar-refractivity contribution is 5.80. The van der Waals surface area contributed by atoms with Gasteiger partial charge in [-0.05, 0) is 52.0 Å². The minimum Gasteiger partial charge on any atom is -0.491 e. The van der Waals surface area contributed by atoms with Crippen LogP contribution in [0.25, 0.3) is 16.8 Å². The summed E-state index contributed by atoms with van der Waals surface area (Å²) >= 11 is 0. The first-order valence-electron chi connectivity index (χ1n) is 11.9. The number of ether oxygens (including phenoxy) is 2. The van der Waals surface area contributed by atoms with Gasteiger partial charge in [0, 0.05) is 49.2 Å². The van der Waals surface area contributed by atoms with Crippen molar-refractivity contribution < 1.29 is 14.3 Å². The number of nitrogens with zero attached hydrogens (tertiary/aromatic N) is 6. The van der Waals surface area contributed by atoms with Gasteiger partial charge in [0.05, 0.1) is 19.5 Å². The standard InChI is InChI=1S/C25H32N6O3/c1-25(2,3)34-24(32)30-12-10-29(11-13-30)23-21(33-4)16-31-22(28-23)19(15-27-31)18-6-5-9-26-20(18)14-17-7-8-17/h5-6,9,15-17H,7-8,10-14H2,1-4H3.